The van der Waals surface area contributed by atoms with Crippen LogP contribution in [-0.4, -0.2) is 28.0 Å². The van der Waals surface area contributed by atoms with E-state index in [1.54, 1.807) is 19.2 Å². The first kappa shape index (κ1) is 38.8. The van der Waals surface area contributed by atoms with Gasteiger partial charge in [-0.2, -0.15) is 0 Å². The van der Waals surface area contributed by atoms with Gasteiger partial charge in [-0.25, -0.2) is 14.4 Å². The van der Waals surface area contributed by atoms with E-state index < -0.39 is 0 Å². The molecule has 250 valence electrons. The van der Waals surface area contributed by atoms with Crippen molar-refractivity contribution in [3.8, 4) is 0 Å². The molecule has 1 N–H and O–H groups in total. The number of nitrogens with one attached hydrogen (secondary N) is 1. The maximum atomic E-state index is 12.5. The van der Waals surface area contributed by atoms with Gasteiger partial charge in [-0.1, -0.05) is 112 Å². The van der Waals surface area contributed by atoms with Gasteiger partial charge >= 0.3 is 0 Å². The first-order valence-electron chi connectivity index (χ1n) is 16.6. The summed E-state index contributed by atoms with van der Waals surface area (Å²) in [5.41, 5.74) is 9.94. The molecule has 0 fully saturated rings. The van der Waals surface area contributed by atoms with Crippen LogP contribution in [0.3, 0.4) is 0 Å². The van der Waals surface area contributed by atoms with Crippen LogP contribution in [0.25, 0.3) is 11.6 Å². The molecule has 0 radical (unpaired) electrons. The van der Waals surface area contributed by atoms with Crippen molar-refractivity contribution in [3.05, 3.63) is 143 Å². The highest BCUT2D eigenvalue weighted by molar-refractivity contribution is 5.65. The summed E-state index contributed by atoms with van der Waals surface area (Å²) in [6.07, 6.45) is 12.8. The number of benzene rings is 3. The summed E-state index contributed by atoms with van der Waals surface area (Å²) in [7, 11) is 2.26. The molecule has 3 aromatic carbocycles. The second-order valence-electron chi connectivity index (χ2n) is 12.2. The van der Waals surface area contributed by atoms with Crippen LogP contribution < -0.4 is 5.32 Å². The van der Waals surface area contributed by atoms with Crippen LogP contribution in [-0.2, 0) is 6.54 Å². The van der Waals surface area contributed by atoms with Crippen molar-refractivity contribution >= 4 is 23.3 Å². The molecule has 4 nitrogen and oxygen atoms in total. The van der Waals surface area contributed by atoms with E-state index in [9.17, 15) is 4.39 Å². The highest BCUT2D eigenvalue weighted by Gasteiger charge is 2.13. The van der Waals surface area contributed by atoms with Crippen molar-refractivity contribution in [1.82, 2.24) is 14.9 Å². The SMILES string of the molecule is C=C(C)c1ccc(Nc2nccc(C)n2)cc1.C=C/C=C\c1cc(CN(C)C(CCC)CCC)ccc1C.Cc1ccc(F)c(C)c1. The van der Waals surface area contributed by atoms with Crippen molar-refractivity contribution < 1.29 is 4.39 Å². The smallest absolute Gasteiger partial charge is 0.227 e. The molecule has 0 atom stereocenters. The summed E-state index contributed by atoms with van der Waals surface area (Å²) in [6.45, 7) is 23.0. The number of aryl methyl sites for hydroxylation is 4. The summed E-state index contributed by atoms with van der Waals surface area (Å²) < 4.78 is 12.5. The standard InChI is InChI=1S/C20H31N.C14H15N3.C8H9F/c1-6-9-12-19-15-18(14-13-17(19)4)16-21(5)20(10-7-2)11-8-3;1-10(2)12-4-6-13(7-5-12)17-14-15-9-8-11(3)16-14;1-6-3-4-8(9)7(2)5-6/h6,9,12-15,20H,1,7-8,10-11,16H2,2-5H3;4-9H,1H2,2-3H3,(H,15,16,17);3-5H,1-2H3/b12-9-;;. The van der Waals surface area contributed by atoms with Crippen LogP contribution in [0.2, 0.25) is 0 Å². The summed E-state index contributed by atoms with van der Waals surface area (Å²) >= 11 is 0. The number of hydrogen-bond acceptors (Lipinski definition) is 4. The molecule has 0 aliphatic rings. The average molecular weight is 635 g/mol. The normalized spacial score (nSPS) is 10.7. The van der Waals surface area contributed by atoms with Gasteiger partial charge in [-0.3, -0.25) is 4.90 Å². The Balaban J connectivity index is 0.000000263. The van der Waals surface area contributed by atoms with Crippen molar-refractivity contribution in [2.45, 2.75) is 86.7 Å². The molecule has 4 rings (SSSR count). The van der Waals surface area contributed by atoms with E-state index >= 15 is 0 Å². The highest BCUT2D eigenvalue weighted by Crippen LogP contribution is 2.19. The van der Waals surface area contributed by atoms with Crippen LogP contribution in [0.1, 0.15) is 85.5 Å². The molecule has 0 aliphatic carbocycles. The minimum atomic E-state index is -0.124. The quantitative estimate of drug-likeness (QED) is 0.157. The second-order valence-corrected chi connectivity index (χ2v) is 12.2. The molecule has 0 unspecified atom stereocenters. The zero-order valence-corrected chi connectivity index (χ0v) is 29.9. The number of rotatable bonds is 12. The van der Waals surface area contributed by atoms with Crippen LogP contribution >= 0.6 is 0 Å². The summed E-state index contributed by atoms with van der Waals surface area (Å²) in [6, 6.07) is 22.5. The van der Waals surface area contributed by atoms with Crippen LogP contribution in [0.5, 0.6) is 0 Å². The van der Waals surface area contributed by atoms with Crippen molar-refractivity contribution in [2.24, 2.45) is 0 Å². The maximum Gasteiger partial charge on any atom is 0.227 e. The summed E-state index contributed by atoms with van der Waals surface area (Å²) in [5, 5.41) is 3.16. The predicted octanol–water partition coefficient (Wildman–Crippen LogP) is 11.6. The van der Waals surface area contributed by atoms with Crippen LogP contribution in [0.15, 0.2) is 98.2 Å². The predicted molar refractivity (Wildman–Crippen MR) is 203 cm³/mol. The molecular formula is C42H55FN4. The zero-order chi connectivity index (χ0) is 34.8. The van der Waals surface area contributed by atoms with E-state index in [2.05, 4.69) is 85.4 Å². The molecule has 47 heavy (non-hydrogen) atoms. The first-order valence-corrected chi connectivity index (χ1v) is 16.6. The lowest BCUT2D eigenvalue weighted by molar-refractivity contribution is 0.208. The van der Waals surface area contributed by atoms with Gasteiger partial charge in [0.15, 0.2) is 0 Å². The van der Waals surface area contributed by atoms with Crippen LogP contribution in [0.4, 0.5) is 16.0 Å². The number of nitrogens with zero attached hydrogens (tertiary/aromatic N) is 3. The molecule has 0 bridgehead atoms. The van der Waals surface area contributed by atoms with E-state index in [4.69, 9.17) is 0 Å². The molecule has 0 amide bonds. The Labute approximate surface area is 284 Å². The van der Waals surface area contributed by atoms with Gasteiger partial charge in [0, 0.05) is 30.2 Å². The van der Waals surface area contributed by atoms with Crippen molar-refractivity contribution in [3.63, 3.8) is 0 Å². The van der Waals surface area contributed by atoms with Crippen molar-refractivity contribution in [2.75, 3.05) is 12.4 Å². The minimum absolute atomic E-state index is 0.124. The molecule has 1 heterocycles. The molecule has 0 saturated heterocycles. The Bertz CT molecular complexity index is 1570. The number of allylic oxidation sites excluding steroid dienone is 3. The van der Waals surface area contributed by atoms with E-state index in [1.165, 1.54) is 48.4 Å². The number of halogens is 1. The van der Waals surface area contributed by atoms with Crippen LogP contribution in [0, 0.1) is 33.5 Å². The Hall–Kier alpha value is -4.35. The van der Waals surface area contributed by atoms with Gasteiger partial charge < -0.3 is 5.32 Å². The van der Waals surface area contributed by atoms with Gasteiger partial charge in [0.05, 0.1) is 0 Å². The average Bonchev–Trinajstić information content (AvgIpc) is 3.04. The maximum absolute atomic E-state index is 12.5. The van der Waals surface area contributed by atoms with Gasteiger partial charge in [0.1, 0.15) is 5.82 Å². The largest absolute Gasteiger partial charge is 0.324 e. The Morgan fingerprint density at radius 1 is 0.915 bits per heavy atom. The Morgan fingerprint density at radius 2 is 1.60 bits per heavy atom. The fourth-order valence-electron chi connectivity index (χ4n) is 5.08. The van der Waals surface area contributed by atoms with Crippen molar-refractivity contribution in [1.29, 1.82) is 0 Å². The topological polar surface area (TPSA) is 41.1 Å². The molecular weight excluding hydrogens is 579 g/mol. The van der Waals surface area contributed by atoms with Gasteiger partial charge in [-0.15, -0.1) is 0 Å². The number of anilines is 2. The third-order valence-corrected chi connectivity index (χ3v) is 7.80. The first-order chi connectivity index (χ1) is 22.5. The molecule has 5 heteroatoms. The fraction of sp³-hybridized carbons (Fsp3) is 0.333. The number of aromatic nitrogens is 2. The van der Waals surface area contributed by atoms with Gasteiger partial charge in [0.2, 0.25) is 5.95 Å². The third-order valence-electron chi connectivity index (χ3n) is 7.80. The molecule has 0 aliphatic heterocycles. The lowest BCUT2D eigenvalue weighted by atomic mass is 10.0. The monoisotopic (exact) mass is 634 g/mol. The Morgan fingerprint density at radius 3 is 2.15 bits per heavy atom. The number of hydrogen-bond donors (Lipinski definition) is 1. The minimum Gasteiger partial charge on any atom is -0.324 e. The molecule has 1 aromatic heterocycles. The summed E-state index contributed by atoms with van der Waals surface area (Å²) in [4.78, 5) is 11.0. The lowest BCUT2D eigenvalue weighted by Gasteiger charge is -2.28. The lowest BCUT2D eigenvalue weighted by Crippen LogP contribution is -2.31. The molecule has 0 spiro atoms. The van der Waals surface area contributed by atoms with E-state index in [0.29, 0.717) is 12.0 Å². The molecule has 0 saturated carbocycles. The van der Waals surface area contributed by atoms with E-state index in [0.717, 1.165) is 40.2 Å². The van der Waals surface area contributed by atoms with Gasteiger partial charge in [-0.05, 0) is 107 Å². The summed E-state index contributed by atoms with van der Waals surface area (Å²) in [5.74, 6) is 0.494. The van der Waals surface area contributed by atoms with E-state index in [1.807, 2.05) is 69.3 Å². The molecule has 4 aromatic rings. The Kier molecular flexibility index (Phi) is 17.1. The van der Waals surface area contributed by atoms with E-state index in [-0.39, 0.29) is 5.82 Å². The second kappa shape index (κ2) is 20.7. The fourth-order valence-corrected chi connectivity index (χ4v) is 5.08. The van der Waals surface area contributed by atoms with Gasteiger partial charge in [0.25, 0.3) is 0 Å². The highest BCUT2D eigenvalue weighted by atomic mass is 19.1. The third kappa shape index (κ3) is 14.3. The zero-order valence-electron chi connectivity index (χ0n) is 29.9.